The van der Waals surface area contributed by atoms with Gasteiger partial charge in [-0.3, -0.25) is 4.79 Å². The van der Waals surface area contributed by atoms with Gasteiger partial charge in [0.05, 0.1) is 10.2 Å². The third-order valence-corrected chi connectivity index (χ3v) is 3.12. The standard InChI is InChI=1S/C8H8BrFN2OS/c9-4-1-7(14-3-8(12)13)6(11)2-5(4)10/h1-2H,3,11H2,(H2,12,13). The van der Waals surface area contributed by atoms with Crippen LogP contribution < -0.4 is 11.5 Å². The molecule has 0 saturated heterocycles. The van der Waals surface area contributed by atoms with E-state index in [1.165, 1.54) is 23.9 Å². The van der Waals surface area contributed by atoms with Crippen molar-refractivity contribution in [3.63, 3.8) is 0 Å². The van der Waals surface area contributed by atoms with Gasteiger partial charge in [-0.25, -0.2) is 4.39 Å². The third-order valence-electron chi connectivity index (χ3n) is 1.42. The molecule has 0 unspecified atom stereocenters. The summed E-state index contributed by atoms with van der Waals surface area (Å²) in [5, 5.41) is 0. The van der Waals surface area contributed by atoms with E-state index in [0.717, 1.165) is 0 Å². The van der Waals surface area contributed by atoms with E-state index in [1.807, 2.05) is 0 Å². The van der Waals surface area contributed by atoms with Gasteiger partial charge in [0, 0.05) is 10.6 Å². The lowest BCUT2D eigenvalue weighted by atomic mass is 10.3. The second kappa shape index (κ2) is 4.65. The number of thioether (sulfide) groups is 1. The maximum Gasteiger partial charge on any atom is 0.227 e. The molecule has 14 heavy (non-hydrogen) atoms. The van der Waals surface area contributed by atoms with Crippen molar-refractivity contribution < 1.29 is 9.18 Å². The highest BCUT2D eigenvalue weighted by atomic mass is 79.9. The molecule has 0 saturated carbocycles. The van der Waals surface area contributed by atoms with Gasteiger partial charge >= 0.3 is 0 Å². The van der Waals surface area contributed by atoms with Gasteiger partial charge in [0.1, 0.15) is 5.82 Å². The van der Waals surface area contributed by atoms with Crippen LogP contribution in [0.1, 0.15) is 0 Å². The summed E-state index contributed by atoms with van der Waals surface area (Å²) < 4.78 is 13.2. The highest BCUT2D eigenvalue weighted by Crippen LogP contribution is 2.30. The predicted molar refractivity (Wildman–Crippen MR) is 58.4 cm³/mol. The lowest BCUT2D eigenvalue weighted by Gasteiger charge is -2.05. The molecule has 1 amide bonds. The zero-order valence-corrected chi connectivity index (χ0v) is 9.49. The Morgan fingerprint density at radius 3 is 2.79 bits per heavy atom. The number of hydrogen-bond acceptors (Lipinski definition) is 3. The van der Waals surface area contributed by atoms with E-state index in [-0.39, 0.29) is 5.75 Å². The van der Waals surface area contributed by atoms with Crippen LogP contribution in [0.4, 0.5) is 10.1 Å². The number of carbonyl (C=O) groups is 1. The molecule has 0 radical (unpaired) electrons. The van der Waals surface area contributed by atoms with Crippen molar-refractivity contribution in [2.24, 2.45) is 5.73 Å². The van der Waals surface area contributed by atoms with Crippen molar-refractivity contribution in [1.82, 2.24) is 0 Å². The number of carbonyl (C=O) groups excluding carboxylic acids is 1. The fourth-order valence-corrected chi connectivity index (χ4v) is 2.04. The highest BCUT2D eigenvalue weighted by Gasteiger charge is 2.07. The van der Waals surface area contributed by atoms with Crippen LogP contribution in [-0.2, 0) is 4.79 Å². The molecular weight excluding hydrogens is 271 g/mol. The molecule has 0 aliphatic heterocycles. The van der Waals surface area contributed by atoms with Crippen molar-refractivity contribution in [1.29, 1.82) is 0 Å². The molecule has 0 spiro atoms. The lowest BCUT2D eigenvalue weighted by Crippen LogP contribution is -2.13. The Bertz CT molecular complexity index is 373. The van der Waals surface area contributed by atoms with E-state index in [1.54, 1.807) is 0 Å². The Morgan fingerprint density at radius 2 is 2.21 bits per heavy atom. The number of hydrogen-bond donors (Lipinski definition) is 2. The number of rotatable bonds is 3. The van der Waals surface area contributed by atoms with E-state index in [9.17, 15) is 9.18 Å². The van der Waals surface area contributed by atoms with Crippen LogP contribution in [0.15, 0.2) is 21.5 Å². The van der Waals surface area contributed by atoms with Crippen LogP contribution in [0.3, 0.4) is 0 Å². The first-order valence-corrected chi connectivity index (χ1v) is 5.44. The van der Waals surface area contributed by atoms with Crippen molar-refractivity contribution in [3.05, 3.63) is 22.4 Å². The van der Waals surface area contributed by atoms with Crippen molar-refractivity contribution >= 4 is 39.3 Å². The van der Waals surface area contributed by atoms with E-state index in [0.29, 0.717) is 15.1 Å². The van der Waals surface area contributed by atoms with E-state index >= 15 is 0 Å². The minimum atomic E-state index is -0.435. The fourth-order valence-electron chi connectivity index (χ4n) is 0.818. The molecule has 0 fully saturated rings. The summed E-state index contributed by atoms with van der Waals surface area (Å²) in [6, 6.07) is 2.73. The maximum absolute atomic E-state index is 12.9. The van der Waals surface area contributed by atoms with Gasteiger partial charge < -0.3 is 11.5 Å². The zero-order chi connectivity index (χ0) is 10.7. The molecule has 0 bridgehead atoms. The van der Waals surface area contributed by atoms with Gasteiger partial charge in [-0.05, 0) is 28.1 Å². The average Bonchev–Trinajstić information content (AvgIpc) is 2.09. The van der Waals surface area contributed by atoms with Crippen LogP contribution in [0.25, 0.3) is 0 Å². The molecule has 76 valence electrons. The predicted octanol–water partition coefficient (Wildman–Crippen LogP) is 1.75. The number of amides is 1. The van der Waals surface area contributed by atoms with Gasteiger partial charge in [-0.1, -0.05) is 0 Å². The van der Waals surface area contributed by atoms with Crippen molar-refractivity contribution in [3.8, 4) is 0 Å². The summed E-state index contributed by atoms with van der Waals surface area (Å²) in [4.78, 5) is 11.1. The van der Waals surface area contributed by atoms with Gasteiger partial charge in [-0.2, -0.15) is 0 Å². The maximum atomic E-state index is 12.9. The first-order chi connectivity index (χ1) is 6.50. The Hall–Kier alpha value is -0.750. The number of nitrogen functional groups attached to an aromatic ring is 1. The molecule has 3 nitrogen and oxygen atoms in total. The van der Waals surface area contributed by atoms with Crippen LogP contribution in [0.2, 0.25) is 0 Å². The zero-order valence-electron chi connectivity index (χ0n) is 7.09. The highest BCUT2D eigenvalue weighted by molar-refractivity contribution is 9.10. The van der Waals surface area contributed by atoms with Crippen molar-refractivity contribution in [2.75, 3.05) is 11.5 Å². The first kappa shape index (κ1) is 11.3. The van der Waals surface area contributed by atoms with Crippen LogP contribution in [-0.4, -0.2) is 11.7 Å². The van der Waals surface area contributed by atoms with Gasteiger partial charge in [-0.15, -0.1) is 11.8 Å². The number of halogens is 2. The van der Waals surface area contributed by atoms with E-state index in [2.05, 4.69) is 15.9 Å². The number of nitrogens with two attached hydrogens (primary N) is 2. The number of anilines is 1. The molecule has 0 aliphatic rings. The Morgan fingerprint density at radius 1 is 1.57 bits per heavy atom. The molecule has 1 aromatic rings. The molecule has 1 rings (SSSR count). The normalized spacial score (nSPS) is 10.1. The molecule has 1 aromatic carbocycles. The largest absolute Gasteiger partial charge is 0.398 e. The molecule has 0 aliphatic carbocycles. The van der Waals surface area contributed by atoms with Gasteiger partial charge in [0.15, 0.2) is 0 Å². The Labute approximate surface area is 93.2 Å². The summed E-state index contributed by atoms with van der Waals surface area (Å²) in [5.41, 5.74) is 10.8. The van der Waals surface area contributed by atoms with Gasteiger partial charge in [0.25, 0.3) is 0 Å². The first-order valence-electron chi connectivity index (χ1n) is 3.66. The monoisotopic (exact) mass is 278 g/mol. The molecule has 0 heterocycles. The van der Waals surface area contributed by atoms with Crippen molar-refractivity contribution in [2.45, 2.75) is 4.90 Å². The summed E-state index contributed by atoms with van der Waals surface area (Å²) in [5.74, 6) is -0.733. The van der Waals surface area contributed by atoms with E-state index < -0.39 is 11.7 Å². The Balaban J connectivity index is 2.87. The second-order valence-corrected chi connectivity index (χ2v) is 4.43. The minimum absolute atomic E-state index is 0.127. The lowest BCUT2D eigenvalue weighted by molar-refractivity contribution is -0.115. The second-order valence-electron chi connectivity index (χ2n) is 2.56. The molecule has 6 heteroatoms. The quantitative estimate of drug-likeness (QED) is 0.654. The minimum Gasteiger partial charge on any atom is -0.398 e. The summed E-state index contributed by atoms with van der Waals surface area (Å²) in [6.07, 6.45) is 0. The van der Waals surface area contributed by atoms with Crippen LogP contribution in [0.5, 0.6) is 0 Å². The molecule has 0 aromatic heterocycles. The van der Waals surface area contributed by atoms with Crippen LogP contribution in [0, 0.1) is 5.82 Å². The Kier molecular flexibility index (Phi) is 3.77. The summed E-state index contributed by atoms with van der Waals surface area (Å²) in [7, 11) is 0. The molecular formula is C8H8BrFN2OS. The summed E-state index contributed by atoms with van der Waals surface area (Å²) >= 11 is 4.21. The molecule has 4 N–H and O–H groups in total. The third kappa shape index (κ3) is 2.88. The summed E-state index contributed by atoms with van der Waals surface area (Å²) in [6.45, 7) is 0. The smallest absolute Gasteiger partial charge is 0.227 e. The molecule has 0 atom stereocenters. The fraction of sp³-hybridized carbons (Fsp3) is 0.125. The number of primary amides is 1. The van der Waals surface area contributed by atoms with Crippen LogP contribution >= 0.6 is 27.7 Å². The van der Waals surface area contributed by atoms with E-state index in [4.69, 9.17) is 11.5 Å². The SMILES string of the molecule is NC(=O)CSc1cc(Br)c(F)cc1N. The average molecular weight is 279 g/mol. The van der Waals surface area contributed by atoms with Gasteiger partial charge in [0.2, 0.25) is 5.91 Å². The number of benzene rings is 1. The topological polar surface area (TPSA) is 69.1 Å².